The van der Waals surface area contributed by atoms with Crippen LogP contribution < -0.4 is 0 Å². The summed E-state index contributed by atoms with van der Waals surface area (Å²) in [5.41, 5.74) is -0.157. The molecule has 0 aromatic carbocycles. The van der Waals surface area contributed by atoms with E-state index in [1.807, 2.05) is 25.7 Å². The van der Waals surface area contributed by atoms with Crippen LogP contribution in [0.15, 0.2) is 40.2 Å². The molecule has 1 amide bonds. The maximum atomic E-state index is 13.8. The number of alkyl halides is 3. The summed E-state index contributed by atoms with van der Waals surface area (Å²) in [4.78, 5) is 20.3. The fourth-order valence-electron chi connectivity index (χ4n) is 3.67. The Kier molecular flexibility index (Phi) is 8.00. The summed E-state index contributed by atoms with van der Waals surface area (Å²) in [5.74, 6) is 0. The molecule has 8 heteroatoms. The third kappa shape index (κ3) is 6.37. The smallest absolute Gasteiger partial charge is 0.416 e. The van der Waals surface area contributed by atoms with Gasteiger partial charge in [-0.05, 0) is 53.9 Å². The van der Waals surface area contributed by atoms with Crippen LogP contribution in [0.25, 0.3) is 0 Å². The Hall–Kier alpha value is -2.25. The Morgan fingerprint density at radius 1 is 1.26 bits per heavy atom. The van der Waals surface area contributed by atoms with E-state index in [9.17, 15) is 18.0 Å². The molecule has 31 heavy (non-hydrogen) atoms. The topological polar surface area (TPSA) is 45.1 Å². The molecule has 2 rings (SSSR count). The normalized spacial score (nSPS) is 23.2. The minimum absolute atomic E-state index is 0.0875. The first-order valence-electron chi connectivity index (χ1n) is 10.8. The highest BCUT2D eigenvalue weighted by atomic mass is 19.4. The van der Waals surface area contributed by atoms with Gasteiger partial charge in [-0.1, -0.05) is 19.1 Å². The number of nitrogens with zero attached hydrogens (tertiary/aromatic N) is 3. The third-order valence-corrected chi connectivity index (χ3v) is 5.82. The minimum Gasteiger partial charge on any atom is -0.443 e. The van der Waals surface area contributed by atoms with Gasteiger partial charge in [0, 0.05) is 48.9 Å². The second-order valence-electron chi connectivity index (χ2n) is 8.47. The lowest BCUT2D eigenvalue weighted by Crippen LogP contribution is -2.54. The monoisotopic (exact) mass is 441 g/mol. The standard InChI is InChI=1S/C23H34F3N3O2/c1-7-9-12-27-17(4)20(19(8-2)23(24,25)26)18(5)28-13-14-29(16(3)15-28)21(30)31-22(6)10-11-22/h8-9,12,16H,7,10-11,13-15H2,1-6H3/b12-9+,19-8+,20-18-,27-17+. The van der Waals surface area contributed by atoms with Crippen molar-refractivity contribution in [3.8, 4) is 0 Å². The van der Waals surface area contributed by atoms with E-state index in [2.05, 4.69) is 4.99 Å². The molecule has 174 valence electrons. The maximum Gasteiger partial charge on any atom is 0.416 e. The van der Waals surface area contributed by atoms with Gasteiger partial charge in [0.25, 0.3) is 0 Å². The summed E-state index contributed by atoms with van der Waals surface area (Å²) in [6, 6.07) is -0.183. The van der Waals surface area contributed by atoms with E-state index in [0.717, 1.165) is 25.3 Å². The highest BCUT2D eigenvalue weighted by molar-refractivity contribution is 6.03. The van der Waals surface area contributed by atoms with Gasteiger partial charge in [0.05, 0.1) is 5.57 Å². The Labute approximate surface area is 183 Å². The first-order chi connectivity index (χ1) is 14.4. The van der Waals surface area contributed by atoms with Crippen molar-refractivity contribution in [3.63, 3.8) is 0 Å². The minimum atomic E-state index is -4.49. The lowest BCUT2D eigenvalue weighted by molar-refractivity contribution is -0.0891. The van der Waals surface area contributed by atoms with Crippen LogP contribution in [0.2, 0.25) is 0 Å². The number of hydrogen-bond donors (Lipinski definition) is 0. The zero-order valence-electron chi connectivity index (χ0n) is 19.3. The zero-order valence-corrected chi connectivity index (χ0v) is 19.3. The van der Waals surface area contributed by atoms with Crippen LogP contribution >= 0.6 is 0 Å². The molecule has 2 aliphatic rings. The quantitative estimate of drug-likeness (QED) is 0.384. The van der Waals surface area contributed by atoms with Gasteiger partial charge < -0.3 is 14.5 Å². The van der Waals surface area contributed by atoms with Gasteiger partial charge in [-0.2, -0.15) is 13.2 Å². The molecule has 1 saturated heterocycles. The van der Waals surface area contributed by atoms with Crippen molar-refractivity contribution in [2.75, 3.05) is 19.6 Å². The number of piperazine rings is 1. The van der Waals surface area contributed by atoms with Crippen molar-refractivity contribution in [1.82, 2.24) is 9.80 Å². The molecule has 1 unspecified atom stereocenters. The summed E-state index contributed by atoms with van der Waals surface area (Å²) < 4.78 is 46.9. The number of allylic oxidation sites excluding steroid dienone is 5. The van der Waals surface area contributed by atoms with Crippen molar-refractivity contribution in [1.29, 1.82) is 0 Å². The van der Waals surface area contributed by atoms with Crippen LogP contribution in [-0.2, 0) is 4.74 Å². The number of aliphatic imine (C=N–C) groups is 1. The highest BCUT2D eigenvalue weighted by Crippen LogP contribution is 2.39. The molecule has 2 fully saturated rings. The Morgan fingerprint density at radius 3 is 2.39 bits per heavy atom. The van der Waals surface area contributed by atoms with Gasteiger partial charge in [-0.15, -0.1) is 0 Å². The molecular weight excluding hydrogens is 407 g/mol. The number of rotatable bonds is 6. The lowest BCUT2D eigenvalue weighted by atomic mass is 9.97. The molecule has 5 nitrogen and oxygen atoms in total. The summed E-state index contributed by atoms with van der Waals surface area (Å²) in [6.07, 6.45) is 2.08. The predicted molar refractivity (Wildman–Crippen MR) is 117 cm³/mol. The highest BCUT2D eigenvalue weighted by Gasteiger charge is 2.44. The molecule has 0 aromatic heterocycles. The SMILES string of the molecule is C\C=C(C(/C(C)=N/C=C/CC)=C(/C)N1CCN(C(=O)OC2(C)CC2)C(C)C1)\C(F)(F)F. The molecule has 0 radical (unpaired) electrons. The molecule has 1 aliphatic heterocycles. The van der Waals surface area contributed by atoms with Crippen LogP contribution in [0, 0.1) is 0 Å². The van der Waals surface area contributed by atoms with E-state index < -0.39 is 11.7 Å². The summed E-state index contributed by atoms with van der Waals surface area (Å²) >= 11 is 0. The van der Waals surface area contributed by atoms with Gasteiger partial charge in [0.1, 0.15) is 5.60 Å². The second-order valence-corrected chi connectivity index (χ2v) is 8.47. The van der Waals surface area contributed by atoms with Crippen molar-refractivity contribution in [2.24, 2.45) is 4.99 Å². The number of amides is 1. The van der Waals surface area contributed by atoms with E-state index in [1.165, 1.54) is 6.92 Å². The van der Waals surface area contributed by atoms with E-state index in [1.54, 1.807) is 31.0 Å². The fraction of sp³-hybridized carbons (Fsp3) is 0.652. The first kappa shape index (κ1) is 25.0. The molecular formula is C23H34F3N3O2. The zero-order chi connectivity index (χ0) is 23.4. The molecule has 0 spiro atoms. The molecule has 0 bridgehead atoms. The van der Waals surface area contributed by atoms with Crippen molar-refractivity contribution < 1.29 is 22.7 Å². The number of hydrogen-bond acceptors (Lipinski definition) is 4. The summed E-state index contributed by atoms with van der Waals surface area (Å²) in [5, 5.41) is 0. The van der Waals surface area contributed by atoms with Gasteiger partial charge in [-0.25, -0.2) is 4.79 Å². The van der Waals surface area contributed by atoms with Gasteiger partial charge in [-0.3, -0.25) is 4.99 Å². The van der Waals surface area contributed by atoms with Gasteiger partial charge >= 0.3 is 12.3 Å². The van der Waals surface area contributed by atoms with Crippen LogP contribution in [-0.4, -0.2) is 59.1 Å². The number of carbonyl (C=O) groups excluding carboxylic acids is 1. The number of carbonyl (C=O) groups is 1. The van der Waals surface area contributed by atoms with E-state index in [4.69, 9.17) is 4.74 Å². The van der Waals surface area contributed by atoms with E-state index >= 15 is 0 Å². The van der Waals surface area contributed by atoms with Gasteiger partial charge in [0.2, 0.25) is 0 Å². The Balaban J connectivity index is 2.30. The molecule has 1 saturated carbocycles. The Morgan fingerprint density at radius 2 is 1.90 bits per heavy atom. The lowest BCUT2D eigenvalue weighted by Gasteiger charge is -2.41. The largest absolute Gasteiger partial charge is 0.443 e. The number of halogens is 3. The molecule has 1 aliphatic carbocycles. The van der Waals surface area contributed by atoms with Crippen LogP contribution in [0.4, 0.5) is 18.0 Å². The molecule has 0 aromatic rings. The third-order valence-electron chi connectivity index (χ3n) is 5.82. The van der Waals surface area contributed by atoms with Crippen molar-refractivity contribution in [3.05, 3.63) is 35.2 Å². The van der Waals surface area contributed by atoms with Crippen molar-refractivity contribution >= 4 is 11.8 Å². The molecule has 0 N–H and O–H groups in total. The summed E-state index contributed by atoms with van der Waals surface area (Å²) in [6.45, 7) is 11.7. The van der Waals surface area contributed by atoms with Gasteiger partial charge in [0.15, 0.2) is 0 Å². The average Bonchev–Trinajstić information content (AvgIpc) is 3.40. The average molecular weight is 442 g/mol. The molecule has 1 heterocycles. The summed E-state index contributed by atoms with van der Waals surface area (Å²) in [7, 11) is 0. The van der Waals surface area contributed by atoms with Crippen molar-refractivity contribution in [2.45, 2.75) is 78.6 Å². The predicted octanol–water partition coefficient (Wildman–Crippen LogP) is 5.85. The van der Waals surface area contributed by atoms with E-state index in [-0.39, 0.29) is 23.3 Å². The molecule has 1 atom stereocenters. The first-order valence-corrected chi connectivity index (χ1v) is 10.8. The van der Waals surface area contributed by atoms with Crippen LogP contribution in [0.5, 0.6) is 0 Å². The maximum absolute atomic E-state index is 13.8. The van der Waals surface area contributed by atoms with Crippen LogP contribution in [0.3, 0.4) is 0 Å². The number of ether oxygens (including phenoxy) is 1. The van der Waals surface area contributed by atoms with E-state index in [0.29, 0.717) is 31.0 Å². The second kappa shape index (κ2) is 9.92. The Bertz CT molecular complexity index is 792. The van der Waals surface area contributed by atoms with Crippen LogP contribution in [0.1, 0.15) is 60.8 Å². The fourth-order valence-corrected chi connectivity index (χ4v) is 3.67.